The highest BCUT2D eigenvalue weighted by atomic mass is 16.5. The number of imidazole rings is 1. The summed E-state index contributed by atoms with van der Waals surface area (Å²) in [5.41, 5.74) is 8.13. The van der Waals surface area contributed by atoms with Gasteiger partial charge in [0.25, 0.3) is 0 Å². The molecule has 6 N–H and O–H groups in total. The number of amides is 2. The first-order chi connectivity index (χ1) is 19.7. The molecule has 218 valence electrons. The predicted octanol–water partition coefficient (Wildman–Crippen LogP) is -0.564. The summed E-state index contributed by atoms with van der Waals surface area (Å²) in [5, 5.41) is 38.8. The fourth-order valence-corrected chi connectivity index (χ4v) is 4.49. The van der Waals surface area contributed by atoms with Gasteiger partial charge in [0.2, 0.25) is 10.8 Å². The third kappa shape index (κ3) is 6.72. The first-order valence-electron chi connectivity index (χ1n) is 12.6. The molecule has 5 atom stereocenters. The number of fused-ring (bicyclic) bond motifs is 1. The molecule has 1 aliphatic rings. The van der Waals surface area contributed by atoms with E-state index >= 15 is 0 Å². The van der Waals surface area contributed by atoms with Crippen molar-refractivity contribution >= 4 is 29.0 Å². The SMILES string of the molecule is CN(C)c1ncnc2c1ncn2[C@@H]1O[C@H](CO)[C@@H](NC(=O)C(Cc2ccc(OCCN=[N+]=N)cc2)NC(=O)O)[C@H]1O. The van der Waals surface area contributed by atoms with Crippen molar-refractivity contribution in [1.29, 1.82) is 5.53 Å². The minimum absolute atomic E-state index is 0.00124. The zero-order chi connectivity index (χ0) is 29.5. The average Bonchev–Trinajstić information content (AvgIpc) is 3.51. The third-order valence-corrected chi connectivity index (χ3v) is 6.41. The van der Waals surface area contributed by atoms with Crippen LogP contribution in [-0.4, -0.2) is 105 Å². The molecule has 1 fully saturated rings. The second kappa shape index (κ2) is 13.1. The number of hydrogen-bond acceptors (Lipinski definition) is 12. The summed E-state index contributed by atoms with van der Waals surface area (Å²) in [6.07, 6.45) is -2.00. The summed E-state index contributed by atoms with van der Waals surface area (Å²) in [4.78, 5) is 42.2. The average molecular weight is 572 g/mol. The van der Waals surface area contributed by atoms with Crippen LogP contribution in [0.1, 0.15) is 11.8 Å². The van der Waals surface area contributed by atoms with Crippen LogP contribution >= 0.6 is 0 Å². The summed E-state index contributed by atoms with van der Waals surface area (Å²) in [6.45, 7) is -0.0696. The quantitative estimate of drug-likeness (QED) is 0.0915. The summed E-state index contributed by atoms with van der Waals surface area (Å²) >= 11 is 0. The Bertz CT molecular complexity index is 1410. The van der Waals surface area contributed by atoms with Crippen molar-refractivity contribution in [3.8, 4) is 5.75 Å². The molecule has 17 nitrogen and oxygen atoms in total. The first-order valence-corrected chi connectivity index (χ1v) is 12.6. The molecule has 0 spiro atoms. The fraction of sp³-hybridized carbons (Fsp3) is 0.458. The molecule has 17 heteroatoms. The Morgan fingerprint density at radius 2 is 2.02 bits per heavy atom. The van der Waals surface area contributed by atoms with Crippen molar-refractivity contribution in [2.75, 3.05) is 38.8 Å². The van der Waals surface area contributed by atoms with Gasteiger partial charge in [-0.3, -0.25) is 9.36 Å². The van der Waals surface area contributed by atoms with Crippen LogP contribution < -0.4 is 25.2 Å². The van der Waals surface area contributed by atoms with Gasteiger partial charge in [-0.15, -0.1) is 0 Å². The Labute approximate surface area is 233 Å². The largest absolute Gasteiger partial charge is 0.491 e. The molecule has 1 saturated heterocycles. The highest BCUT2D eigenvalue weighted by Crippen LogP contribution is 2.32. The smallest absolute Gasteiger partial charge is 0.405 e. The first kappa shape index (κ1) is 29.3. The zero-order valence-corrected chi connectivity index (χ0v) is 22.3. The van der Waals surface area contributed by atoms with Crippen LogP contribution in [0.15, 0.2) is 42.0 Å². The van der Waals surface area contributed by atoms with Gasteiger partial charge >= 0.3 is 6.09 Å². The summed E-state index contributed by atoms with van der Waals surface area (Å²) in [7, 11) is 3.60. The Balaban J connectivity index is 1.48. The maximum Gasteiger partial charge on any atom is 0.405 e. The molecule has 3 heterocycles. The molecule has 2 amide bonds. The number of ether oxygens (including phenoxy) is 2. The van der Waals surface area contributed by atoms with Crippen molar-refractivity contribution in [1.82, 2.24) is 35.1 Å². The predicted molar refractivity (Wildman–Crippen MR) is 141 cm³/mol. The molecular formula is C24H31N10O7+. The molecule has 2 aromatic heterocycles. The van der Waals surface area contributed by atoms with Gasteiger partial charge in [0, 0.05) is 20.5 Å². The van der Waals surface area contributed by atoms with Crippen LogP contribution in [0.3, 0.4) is 0 Å². The lowest BCUT2D eigenvalue weighted by Crippen LogP contribution is -2.55. The summed E-state index contributed by atoms with van der Waals surface area (Å²) in [5.74, 6) is 0.370. The Hall–Kier alpha value is -4.70. The molecular weight excluding hydrogens is 540 g/mol. The molecule has 41 heavy (non-hydrogen) atoms. The van der Waals surface area contributed by atoms with E-state index in [2.05, 4.69) is 35.6 Å². The number of anilines is 1. The maximum absolute atomic E-state index is 13.3. The second-order valence-electron chi connectivity index (χ2n) is 9.35. The van der Waals surface area contributed by atoms with Gasteiger partial charge in [0.05, 0.1) is 19.0 Å². The Morgan fingerprint density at radius 1 is 1.27 bits per heavy atom. The molecule has 4 rings (SSSR count). The molecule has 3 aromatic rings. The third-order valence-electron chi connectivity index (χ3n) is 6.41. The van der Waals surface area contributed by atoms with Crippen molar-refractivity contribution in [2.45, 2.75) is 36.9 Å². The number of nitrogens with one attached hydrogen (secondary N) is 3. The molecule has 0 saturated carbocycles. The van der Waals surface area contributed by atoms with Gasteiger partial charge in [-0.05, 0) is 17.7 Å². The van der Waals surface area contributed by atoms with E-state index in [4.69, 9.17) is 15.0 Å². The number of aromatic nitrogens is 4. The topological polar surface area (TPSA) is 234 Å². The molecule has 1 unspecified atom stereocenters. The Morgan fingerprint density at radius 3 is 2.68 bits per heavy atom. The zero-order valence-electron chi connectivity index (χ0n) is 22.3. The lowest BCUT2D eigenvalue weighted by molar-refractivity contribution is -0.124. The molecule has 0 bridgehead atoms. The Kier molecular flexibility index (Phi) is 9.36. The monoisotopic (exact) mass is 571 g/mol. The minimum Gasteiger partial charge on any atom is -0.491 e. The van der Waals surface area contributed by atoms with Gasteiger partial charge in [-0.25, -0.2) is 19.7 Å². The van der Waals surface area contributed by atoms with Crippen LogP contribution in [0.25, 0.3) is 11.2 Å². The van der Waals surface area contributed by atoms with Gasteiger partial charge in [0.15, 0.2) is 29.8 Å². The van der Waals surface area contributed by atoms with E-state index < -0.39 is 49.1 Å². The molecule has 0 aliphatic carbocycles. The second-order valence-corrected chi connectivity index (χ2v) is 9.35. The van der Waals surface area contributed by atoms with E-state index in [-0.39, 0.29) is 19.6 Å². The van der Waals surface area contributed by atoms with Crippen molar-refractivity contribution in [3.63, 3.8) is 0 Å². The van der Waals surface area contributed by atoms with Crippen LogP contribution in [0, 0.1) is 5.53 Å². The fourth-order valence-electron chi connectivity index (χ4n) is 4.49. The molecule has 1 aromatic carbocycles. The minimum atomic E-state index is -1.41. The van der Waals surface area contributed by atoms with Gasteiger partial charge < -0.3 is 40.3 Å². The van der Waals surface area contributed by atoms with E-state index in [0.29, 0.717) is 28.3 Å². The summed E-state index contributed by atoms with van der Waals surface area (Å²) < 4.78 is 12.9. The van der Waals surface area contributed by atoms with Crippen LogP contribution in [0.5, 0.6) is 5.75 Å². The number of rotatable bonds is 12. The number of benzene rings is 1. The molecule has 0 radical (unpaired) electrons. The van der Waals surface area contributed by atoms with Crippen molar-refractivity contribution in [2.24, 2.45) is 5.11 Å². The van der Waals surface area contributed by atoms with E-state index in [9.17, 15) is 24.9 Å². The number of aliphatic hydroxyl groups excluding tert-OH is 2. The van der Waals surface area contributed by atoms with Crippen molar-refractivity contribution in [3.05, 3.63) is 42.5 Å². The lowest BCUT2D eigenvalue weighted by Gasteiger charge is -2.24. The number of nitrogens with zero attached hydrogens (tertiary/aromatic N) is 7. The highest BCUT2D eigenvalue weighted by molar-refractivity contribution is 5.86. The van der Waals surface area contributed by atoms with E-state index in [1.807, 2.05) is 0 Å². The van der Waals surface area contributed by atoms with Gasteiger partial charge in [-0.2, -0.15) is 0 Å². The standard InChI is InChI=1S/C24H30N10O7/c1-33(2)20-18-21(27-11-26-20)34(12-28-18)23-19(36)17(16(10-35)41-23)31-22(37)15(30-24(38)39)9-13-3-5-14(6-4-13)40-8-7-29-32-25/h3-6,11-12,15-17,19,23,25,30,35-36H,7-10H2,1-2H3,(H-,31,37,38,39)/p+1/t15?,16-,17-,19-,23-/m1/s1. The maximum atomic E-state index is 13.3. The van der Waals surface area contributed by atoms with Gasteiger partial charge in [0.1, 0.15) is 47.6 Å². The van der Waals surface area contributed by atoms with Crippen molar-refractivity contribution < 1.29 is 34.4 Å². The lowest BCUT2D eigenvalue weighted by atomic mass is 10.0. The normalized spacial score (nSPS) is 20.7. The van der Waals surface area contributed by atoms with Crippen LogP contribution in [0.4, 0.5) is 10.6 Å². The highest BCUT2D eigenvalue weighted by Gasteiger charge is 2.46. The van der Waals surface area contributed by atoms with Crippen LogP contribution in [-0.2, 0) is 16.0 Å². The number of carbonyl (C=O) groups is 2. The number of aliphatic hydroxyl groups is 2. The number of carbonyl (C=O) groups excluding carboxylic acids is 1. The van der Waals surface area contributed by atoms with Crippen LogP contribution in [0.2, 0.25) is 0 Å². The van der Waals surface area contributed by atoms with E-state index in [1.165, 1.54) is 17.2 Å². The van der Waals surface area contributed by atoms with Gasteiger partial charge in [-0.1, -0.05) is 12.1 Å². The molecule has 1 aliphatic heterocycles. The van der Waals surface area contributed by atoms with E-state index in [0.717, 1.165) is 0 Å². The number of hydrogen-bond donors (Lipinski definition) is 6. The number of carboxylic acid groups (broad SMARTS) is 1. The summed E-state index contributed by atoms with van der Waals surface area (Å²) in [6, 6.07) is 4.39. The van der Waals surface area contributed by atoms with E-state index in [1.54, 1.807) is 43.3 Å².